The fraction of sp³-hybridized carbons (Fsp3) is 0. The number of pyridine rings is 1. The van der Waals surface area contributed by atoms with E-state index in [9.17, 15) is 8.78 Å². The number of anilines is 2. The zero-order valence-electron chi connectivity index (χ0n) is 8.05. The second-order valence-electron chi connectivity index (χ2n) is 3.10. The van der Waals surface area contributed by atoms with Crippen molar-refractivity contribution in [1.82, 2.24) is 4.98 Å². The maximum absolute atomic E-state index is 13.3. The van der Waals surface area contributed by atoms with Gasteiger partial charge in [0, 0.05) is 5.69 Å². The molecule has 5 heteroatoms. The van der Waals surface area contributed by atoms with Crippen LogP contribution in [0.5, 0.6) is 0 Å². The predicted octanol–water partition coefficient (Wildman–Crippen LogP) is 3.76. The van der Waals surface area contributed by atoms with Crippen LogP contribution in [0.15, 0.2) is 36.4 Å². The van der Waals surface area contributed by atoms with Crippen molar-refractivity contribution >= 4 is 23.1 Å². The largest absolute Gasteiger partial charge is 0.338 e. The average molecular weight is 241 g/mol. The third kappa shape index (κ3) is 2.46. The molecular weight excluding hydrogens is 234 g/mol. The fourth-order valence-electron chi connectivity index (χ4n) is 1.18. The van der Waals surface area contributed by atoms with Gasteiger partial charge < -0.3 is 5.32 Å². The van der Waals surface area contributed by atoms with Crippen LogP contribution in [0.1, 0.15) is 0 Å². The van der Waals surface area contributed by atoms with E-state index in [1.165, 1.54) is 36.4 Å². The molecule has 0 aliphatic carbocycles. The molecule has 0 unspecified atom stereocenters. The van der Waals surface area contributed by atoms with E-state index < -0.39 is 5.82 Å². The zero-order chi connectivity index (χ0) is 11.5. The summed E-state index contributed by atoms with van der Waals surface area (Å²) >= 11 is 5.63. The first kappa shape index (κ1) is 10.8. The Morgan fingerprint density at radius 1 is 1.00 bits per heavy atom. The van der Waals surface area contributed by atoms with Crippen molar-refractivity contribution in [2.75, 3.05) is 5.32 Å². The van der Waals surface area contributed by atoms with Crippen LogP contribution in [0.4, 0.5) is 20.3 Å². The van der Waals surface area contributed by atoms with Crippen molar-refractivity contribution in [2.45, 2.75) is 0 Å². The van der Waals surface area contributed by atoms with E-state index in [2.05, 4.69) is 10.3 Å². The average Bonchev–Trinajstić information content (AvgIpc) is 2.27. The predicted molar refractivity (Wildman–Crippen MR) is 58.9 cm³/mol. The maximum atomic E-state index is 13.3. The molecule has 0 aliphatic rings. The van der Waals surface area contributed by atoms with Gasteiger partial charge in [-0.25, -0.2) is 13.8 Å². The minimum Gasteiger partial charge on any atom is -0.338 e. The molecule has 0 saturated heterocycles. The molecule has 0 bridgehead atoms. The van der Waals surface area contributed by atoms with Crippen LogP contribution < -0.4 is 5.32 Å². The van der Waals surface area contributed by atoms with E-state index >= 15 is 0 Å². The highest BCUT2D eigenvalue weighted by atomic mass is 35.5. The van der Waals surface area contributed by atoms with Gasteiger partial charge in [-0.2, -0.15) is 0 Å². The Hall–Kier alpha value is -1.68. The number of aromatic nitrogens is 1. The van der Waals surface area contributed by atoms with E-state index in [0.29, 0.717) is 5.69 Å². The molecule has 16 heavy (non-hydrogen) atoms. The standard InChI is InChI=1S/C11H7ClF2N2/c12-10-6-5-9(14)11(16-10)15-8-3-1-7(13)2-4-8/h1-6H,(H,15,16). The van der Waals surface area contributed by atoms with Crippen LogP contribution >= 0.6 is 11.6 Å². The molecule has 1 N–H and O–H groups in total. The number of hydrogen-bond acceptors (Lipinski definition) is 2. The Morgan fingerprint density at radius 2 is 1.69 bits per heavy atom. The first-order chi connectivity index (χ1) is 7.65. The van der Waals surface area contributed by atoms with Crippen LogP contribution in [-0.4, -0.2) is 4.98 Å². The first-order valence-corrected chi connectivity index (χ1v) is 4.87. The van der Waals surface area contributed by atoms with E-state index in [4.69, 9.17) is 11.6 Å². The quantitative estimate of drug-likeness (QED) is 0.809. The molecule has 0 fully saturated rings. The van der Waals surface area contributed by atoms with Crippen molar-refractivity contribution < 1.29 is 8.78 Å². The van der Waals surface area contributed by atoms with Gasteiger partial charge in [-0.05, 0) is 36.4 Å². The monoisotopic (exact) mass is 240 g/mol. The van der Waals surface area contributed by atoms with Gasteiger partial charge in [-0.1, -0.05) is 11.6 Å². The summed E-state index contributed by atoms with van der Waals surface area (Å²) in [5, 5.41) is 2.89. The molecular formula is C11H7ClF2N2. The summed E-state index contributed by atoms with van der Waals surface area (Å²) in [6, 6.07) is 8.07. The summed E-state index contributed by atoms with van der Waals surface area (Å²) in [6.07, 6.45) is 0. The number of nitrogens with one attached hydrogen (secondary N) is 1. The highest BCUT2D eigenvalue weighted by Gasteiger charge is 2.04. The Bertz CT molecular complexity index is 500. The molecule has 1 heterocycles. The van der Waals surface area contributed by atoms with E-state index in [0.717, 1.165) is 0 Å². The van der Waals surface area contributed by atoms with Crippen LogP contribution in [0.2, 0.25) is 5.15 Å². The van der Waals surface area contributed by atoms with Gasteiger partial charge in [0.05, 0.1) is 0 Å². The van der Waals surface area contributed by atoms with Crippen molar-refractivity contribution in [1.29, 1.82) is 0 Å². The number of halogens is 3. The molecule has 0 aliphatic heterocycles. The summed E-state index contributed by atoms with van der Waals surface area (Å²) < 4.78 is 25.9. The van der Waals surface area contributed by atoms with Gasteiger partial charge in [0.2, 0.25) is 0 Å². The van der Waals surface area contributed by atoms with E-state index in [1.54, 1.807) is 0 Å². The Balaban J connectivity index is 2.26. The molecule has 0 amide bonds. The highest BCUT2D eigenvalue weighted by molar-refractivity contribution is 6.29. The van der Waals surface area contributed by atoms with Gasteiger partial charge in [0.1, 0.15) is 11.0 Å². The lowest BCUT2D eigenvalue weighted by molar-refractivity contribution is 0.626. The van der Waals surface area contributed by atoms with Crippen molar-refractivity contribution in [2.24, 2.45) is 0 Å². The Morgan fingerprint density at radius 3 is 2.38 bits per heavy atom. The van der Waals surface area contributed by atoms with Crippen molar-refractivity contribution in [3.05, 3.63) is 53.2 Å². The topological polar surface area (TPSA) is 24.9 Å². The van der Waals surface area contributed by atoms with Gasteiger partial charge >= 0.3 is 0 Å². The van der Waals surface area contributed by atoms with Crippen LogP contribution in [-0.2, 0) is 0 Å². The minimum atomic E-state index is -0.520. The summed E-state index contributed by atoms with van der Waals surface area (Å²) in [6.45, 7) is 0. The summed E-state index contributed by atoms with van der Waals surface area (Å²) in [5.74, 6) is -0.863. The minimum absolute atomic E-state index is 0.0131. The smallest absolute Gasteiger partial charge is 0.168 e. The van der Waals surface area contributed by atoms with Gasteiger partial charge in [0.15, 0.2) is 11.6 Å². The van der Waals surface area contributed by atoms with Crippen molar-refractivity contribution in [3.8, 4) is 0 Å². The zero-order valence-corrected chi connectivity index (χ0v) is 8.80. The lowest BCUT2D eigenvalue weighted by Crippen LogP contribution is -1.97. The maximum Gasteiger partial charge on any atom is 0.168 e. The summed E-state index contributed by atoms with van der Waals surface area (Å²) in [7, 11) is 0. The molecule has 0 atom stereocenters. The molecule has 1 aromatic heterocycles. The highest BCUT2D eigenvalue weighted by Crippen LogP contribution is 2.19. The Labute approximate surface area is 95.9 Å². The lowest BCUT2D eigenvalue weighted by Gasteiger charge is -2.06. The van der Waals surface area contributed by atoms with E-state index in [-0.39, 0.29) is 16.8 Å². The molecule has 2 nitrogen and oxygen atoms in total. The lowest BCUT2D eigenvalue weighted by atomic mass is 10.3. The molecule has 0 radical (unpaired) electrons. The second kappa shape index (κ2) is 4.45. The van der Waals surface area contributed by atoms with Gasteiger partial charge in [0.25, 0.3) is 0 Å². The third-order valence-corrected chi connectivity index (χ3v) is 2.13. The number of nitrogens with zero attached hydrogens (tertiary/aromatic N) is 1. The summed E-state index contributed by atoms with van der Waals surface area (Å²) in [5.41, 5.74) is 0.537. The number of hydrogen-bond donors (Lipinski definition) is 1. The van der Waals surface area contributed by atoms with Crippen LogP contribution in [0, 0.1) is 11.6 Å². The number of rotatable bonds is 2. The van der Waals surface area contributed by atoms with Gasteiger partial charge in [-0.3, -0.25) is 0 Å². The molecule has 82 valence electrons. The third-order valence-electron chi connectivity index (χ3n) is 1.92. The summed E-state index contributed by atoms with van der Waals surface area (Å²) in [4.78, 5) is 3.78. The number of benzene rings is 1. The molecule has 2 aromatic rings. The molecule has 1 aromatic carbocycles. The normalized spacial score (nSPS) is 10.2. The molecule has 2 rings (SSSR count). The van der Waals surface area contributed by atoms with Crippen LogP contribution in [0.25, 0.3) is 0 Å². The Kier molecular flexibility index (Phi) is 3.01. The first-order valence-electron chi connectivity index (χ1n) is 4.50. The van der Waals surface area contributed by atoms with Crippen molar-refractivity contribution in [3.63, 3.8) is 0 Å². The SMILES string of the molecule is Fc1ccc(Nc2nc(Cl)ccc2F)cc1. The molecule has 0 saturated carbocycles. The molecule has 0 spiro atoms. The van der Waals surface area contributed by atoms with Crippen LogP contribution in [0.3, 0.4) is 0 Å². The van der Waals surface area contributed by atoms with Gasteiger partial charge in [-0.15, -0.1) is 0 Å². The fourth-order valence-corrected chi connectivity index (χ4v) is 1.32. The van der Waals surface area contributed by atoms with E-state index in [1.807, 2.05) is 0 Å². The second-order valence-corrected chi connectivity index (χ2v) is 3.48.